The van der Waals surface area contributed by atoms with Gasteiger partial charge in [-0.05, 0) is 25.0 Å². The highest BCUT2D eigenvalue weighted by Gasteiger charge is 2.28. The van der Waals surface area contributed by atoms with E-state index in [4.69, 9.17) is 5.73 Å². The van der Waals surface area contributed by atoms with E-state index >= 15 is 0 Å². The lowest BCUT2D eigenvalue weighted by atomic mass is 9.85. The van der Waals surface area contributed by atoms with Crippen molar-refractivity contribution in [1.82, 2.24) is 0 Å². The van der Waals surface area contributed by atoms with E-state index in [1.165, 1.54) is 6.42 Å². The van der Waals surface area contributed by atoms with E-state index in [9.17, 15) is 5.11 Å². The normalized spacial score (nSPS) is 18.5. The highest BCUT2D eigenvalue weighted by Crippen LogP contribution is 2.28. The van der Waals surface area contributed by atoms with Crippen LogP contribution in [0.25, 0.3) is 0 Å². The molecule has 0 aliphatic heterocycles. The number of hydrogen-bond donors (Lipinski definition) is 3. The molecule has 0 unspecified atom stereocenters. The highest BCUT2D eigenvalue weighted by atomic mass is 127. The highest BCUT2D eigenvalue weighted by molar-refractivity contribution is 14.0. The molecule has 0 aromatic heterocycles. The third kappa shape index (κ3) is 5.36. The summed E-state index contributed by atoms with van der Waals surface area (Å²) in [6.45, 7) is 0.388. The van der Waals surface area contributed by atoms with Gasteiger partial charge in [-0.1, -0.05) is 37.5 Å². The van der Waals surface area contributed by atoms with Crippen molar-refractivity contribution in [3.63, 3.8) is 0 Å². The Morgan fingerprint density at radius 3 is 2.47 bits per heavy atom. The van der Waals surface area contributed by atoms with Gasteiger partial charge in [0.2, 0.25) is 0 Å². The summed E-state index contributed by atoms with van der Waals surface area (Å²) in [6, 6.07) is 9.67. The number of benzene rings is 1. The fourth-order valence-electron chi connectivity index (χ4n) is 2.31. The van der Waals surface area contributed by atoms with E-state index in [2.05, 4.69) is 10.3 Å². The standard InChI is InChI=1S/C14H21N3O.HI/c15-13(17-12-7-3-1-4-8-12)16-11-14(18)9-5-2-6-10-14;/h1,3-4,7-8,18H,2,5-6,9-11H2,(H3,15,16,17);1H. The molecule has 4 N–H and O–H groups in total. The van der Waals surface area contributed by atoms with Crippen molar-refractivity contribution in [3.05, 3.63) is 30.3 Å². The predicted octanol–water partition coefficient (Wildman–Crippen LogP) is 2.73. The van der Waals surface area contributed by atoms with E-state index in [0.717, 1.165) is 31.4 Å². The number of nitrogens with two attached hydrogens (primary N) is 1. The molecule has 1 fully saturated rings. The van der Waals surface area contributed by atoms with Gasteiger partial charge in [0.05, 0.1) is 12.1 Å². The summed E-state index contributed by atoms with van der Waals surface area (Å²) < 4.78 is 0. The van der Waals surface area contributed by atoms with Crippen LogP contribution in [0.3, 0.4) is 0 Å². The summed E-state index contributed by atoms with van der Waals surface area (Å²) in [7, 11) is 0. The number of halogens is 1. The zero-order valence-corrected chi connectivity index (χ0v) is 13.3. The molecule has 0 atom stereocenters. The Morgan fingerprint density at radius 2 is 1.84 bits per heavy atom. The fourth-order valence-corrected chi connectivity index (χ4v) is 2.31. The summed E-state index contributed by atoms with van der Waals surface area (Å²) in [5, 5.41) is 13.3. The molecule has 4 nitrogen and oxygen atoms in total. The van der Waals surface area contributed by atoms with E-state index < -0.39 is 5.60 Å². The van der Waals surface area contributed by atoms with Gasteiger partial charge in [0.15, 0.2) is 5.96 Å². The van der Waals surface area contributed by atoms with Gasteiger partial charge in [-0.2, -0.15) is 0 Å². The maximum absolute atomic E-state index is 10.3. The van der Waals surface area contributed by atoms with Crippen LogP contribution >= 0.6 is 24.0 Å². The monoisotopic (exact) mass is 375 g/mol. The lowest BCUT2D eigenvalue weighted by molar-refractivity contribution is 0.0132. The second-order valence-electron chi connectivity index (χ2n) is 4.98. The van der Waals surface area contributed by atoms with Crippen molar-refractivity contribution in [1.29, 1.82) is 0 Å². The van der Waals surface area contributed by atoms with Crippen molar-refractivity contribution in [2.75, 3.05) is 11.9 Å². The summed E-state index contributed by atoms with van der Waals surface area (Å²) in [5.74, 6) is 0.361. The lowest BCUT2D eigenvalue weighted by Gasteiger charge is -2.30. The Bertz CT molecular complexity index is 402. The smallest absolute Gasteiger partial charge is 0.193 e. The summed E-state index contributed by atoms with van der Waals surface area (Å²) >= 11 is 0. The molecule has 1 aliphatic carbocycles. The number of nitrogens with one attached hydrogen (secondary N) is 1. The largest absolute Gasteiger partial charge is 0.388 e. The molecule has 0 amide bonds. The fraction of sp³-hybridized carbons (Fsp3) is 0.500. The van der Waals surface area contributed by atoms with Crippen molar-refractivity contribution >= 4 is 35.6 Å². The Kier molecular flexibility index (Phi) is 6.57. The van der Waals surface area contributed by atoms with Crippen LogP contribution in [0.2, 0.25) is 0 Å². The molecule has 1 saturated carbocycles. The van der Waals surface area contributed by atoms with Gasteiger partial charge in [-0.15, -0.1) is 24.0 Å². The van der Waals surface area contributed by atoms with E-state index in [0.29, 0.717) is 12.5 Å². The third-order valence-corrected chi connectivity index (χ3v) is 3.37. The van der Waals surface area contributed by atoms with Crippen molar-refractivity contribution < 1.29 is 5.11 Å². The molecule has 0 radical (unpaired) electrons. The van der Waals surface area contributed by atoms with Crippen molar-refractivity contribution in [2.24, 2.45) is 10.7 Å². The zero-order valence-electron chi connectivity index (χ0n) is 11.0. The predicted molar refractivity (Wildman–Crippen MR) is 90.0 cm³/mol. The average molecular weight is 375 g/mol. The van der Waals surface area contributed by atoms with Crippen LogP contribution in [0.1, 0.15) is 32.1 Å². The van der Waals surface area contributed by atoms with Crippen molar-refractivity contribution in [2.45, 2.75) is 37.7 Å². The molecule has 2 rings (SSSR count). The Hall–Kier alpha value is -0.820. The molecule has 0 saturated heterocycles. The number of rotatable bonds is 3. The topological polar surface area (TPSA) is 70.6 Å². The van der Waals surface area contributed by atoms with Crippen LogP contribution in [0.5, 0.6) is 0 Å². The summed E-state index contributed by atoms with van der Waals surface area (Å²) in [4.78, 5) is 4.25. The Morgan fingerprint density at radius 1 is 1.21 bits per heavy atom. The first kappa shape index (κ1) is 16.2. The Balaban J connectivity index is 0.00000180. The minimum absolute atomic E-state index is 0. The minimum atomic E-state index is -0.652. The first-order valence-electron chi connectivity index (χ1n) is 6.52. The van der Waals surface area contributed by atoms with E-state index in [1.54, 1.807) is 0 Å². The molecule has 106 valence electrons. The molecule has 19 heavy (non-hydrogen) atoms. The molecule has 0 spiro atoms. The second kappa shape index (κ2) is 7.69. The number of hydrogen-bond acceptors (Lipinski definition) is 2. The van der Waals surface area contributed by atoms with Crippen LogP contribution in [0.4, 0.5) is 5.69 Å². The quantitative estimate of drug-likeness (QED) is 0.432. The average Bonchev–Trinajstić information content (AvgIpc) is 2.39. The molecule has 0 bridgehead atoms. The molecular formula is C14H22IN3O. The third-order valence-electron chi connectivity index (χ3n) is 3.37. The van der Waals surface area contributed by atoms with Gasteiger partial charge in [0.25, 0.3) is 0 Å². The first-order chi connectivity index (χ1) is 8.68. The lowest BCUT2D eigenvalue weighted by Crippen LogP contribution is -2.36. The number of guanidine groups is 1. The van der Waals surface area contributed by atoms with Gasteiger partial charge in [0, 0.05) is 5.69 Å². The zero-order chi connectivity index (χ0) is 12.8. The van der Waals surface area contributed by atoms with Crippen LogP contribution < -0.4 is 11.1 Å². The van der Waals surface area contributed by atoms with Crippen LogP contribution in [-0.4, -0.2) is 23.2 Å². The number of aliphatic imine (C=N–C) groups is 1. The van der Waals surface area contributed by atoms with Gasteiger partial charge in [-0.25, -0.2) is 0 Å². The first-order valence-corrected chi connectivity index (χ1v) is 6.52. The van der Waals surface area contributed by atoms with Crippen LogP contribution in [0, 0.1) is 0 Å². The number of para-hydroxylation sites is 1. The maximum atomic E-state index is 10.3. The molecule has 5 heteroatoms. The van der Waals surface area contributed by atoms with Crippen LogP contribution in [-0.2, 0) is 0 Å². The summed E-state index contributed by atoms with van der Waals surface area (Å²) in [6.07, 6.45) is 5.03. The molecular weight excluding hydrogens is 353 g/mol. The van der Waals surface area contributed by atoms with Crippen LogP contribution in [0.15, 0.2) is 35.3 Å². The van der Waals surface area contributed by atoms with Crippen molar-refractivity contribution in [3.8, 4) is 0 Å². The molecule has 1 aromatic rings. The second-order valence-corrected chi connectivity index (χ2v) is 4.98. The Labute approximate surface area is 131 Å². The number of aliphatic hydroxyl groups is 1. The summed E-state index contributed by atoms with van der Waals surface area (Å²) in [5.41, 5.74) is 6.07. The van der Waals surface area contributed by atoms with Gasteiger partial charge in [0.1, 0.15) is 0 Å². The number of nitrogens with zero attached hydrogens (tertiary/aromatic N) is 1. The molecule has 1 aromatic carbocycles. The number of anilines is 1. The van der Waals surface area contributed by atoms with Gasteiger partial charge in [-0.3, -0.25) is 4.99 Å². The van der Waals surface area contributed by atoms with E-state index in [1.807, 2.05) is 30.3 Å². The maximum Gasteiger partial charge on any atom is 0.193 e. The van der Waals surface area contributed by atoms with Gasteiger partial charge < -0.3 is 16.2 Å². The minimum Gasteiger partial charge on any atom is -0.388 e. The van der Waals surface area contributed by atoms with E-state index in [-0.39, 0.29) is 24.0 Å². The van der Waals surface area contributed by atoms with Gasteiger partial charge >= 0.3 is 0 Å². The SMILES string of the molecule is I.NC(=NCC1(O)CCCCC1)Nc1ccccc1. The molecule has 0 heterocycles. The molecule has 1 aliphatic rings.